The van der Waals surface area contributed by atoms with Crippen LogP contribution in [0.15, 0.2) is 30.3 Å². The molecule has 0 saturated heterocycles. The Kier molecular flexibility index (Phi) is 4.96. The second-order valence-electron chi connectivity index (χ2n) is 3.98. The maximum Gasteiger partial charge on any atom is 0.0931 e. The molecule has 0 amide bonds. The molecular weight excluding hydrogens is 353 g/mol. The first kappa shape index (κ1) is 14.2. The van der Waals surface area contributed by atoms with Crippen LogP contribution in [-0.2, 0) is 11.9 Å². The Morgan fingerprint density at radius 1 is 1.22 bits per heavy atom. The Balaban J connectivity index is 2.15. The highest BCUT2D eigenvalue weighted by atomic mass is 79.9. The summed E-state index contributed by atoms with van der Waals surface area (Å²) in [5, 5.41) is 1.59. The Hall–Kier alpha value is -0.220. The van der Waals surface area contributed by atoms with Crippen molar-refractivity contribution < 1.29 is 0 Å². The molecule has 0 spiro atoms. The van der Waals surface area contributed by atoms with Crippen molar-refractivity contribution in [3.05, 3.63) is 50.1 Å². The molecule has 2 aromatic rings. The van der Waals surface area contributed by atoms with Crippen molar-refractivity contribution in [2.24, 2.45) is 0 Å². The van der Waals surface area contributed by atoms with Crippen LogP contribution in [0.1, 0.15) is 10.4 Å². The maximum absolute atomic E-state index is 6.29. The van der Waals surface area contributed by atoms with Crippen LogP contribution in [0, 0.1) is 0 Å². The fraction of sp³-hybridized carbons (Fsp3) is 0.231. The van der Waals surface area contributed by atoms with Gasteiger partial charge in [-0.15, -0.1) is 11.3 Å². The van der Waals surface area contributed by atoms with Crippen LogP contribution < -0.4 is 4.90 Å². The van der Waals surface area contributed by atoms with Crippen molar-refractivity contribution in [3.63, 3.8) is 0 Å². The van der Waals surface area contributed by atoms with Gasteiger partial charge in [-0.25, -0.2) is 0 Å². The molecule has 1 aromatic carbocycles. The second-order valence-corrected chi connectivity index (χ2v) is 6.75. The zero-order chi connectivity index (χ0) is 13.1. The molecule has 5 heteroatoms. The average Bonchev–Trinajstić information content (AvgIpc) is 2.74. The summed E-state index contributed by atoms with van der Waals surface area (Å²) in [4.78, 5) is 3.35. The Morgan fingerprint density at radius 2 is 2.00 bits per heavy atom. The molecule has 0 aliphatic carbocycles. The highest BCUT2D eigenvalue weighted by molar-refractivity contribution is 9.08. The minimum absolute atomic E-state index is 0.775. The third kappa shape index (κ3) is 3.41. The van der Waals surface area contributed by atoms with Gasteiger partial charge in [0, 0.05) is 17.3 Å². The van der Waals surface area contributed by atoms with Gasteiger partial charge in [-0.05, 0) is 29.8 Å². The highest BCUT2D eigenvalue weighted by Gasteiger charge is 2.08. The zero-order valence-electron chi connectivity index (χ0n) is 9.79. The minimum atomic E-state index is 0.775. The van der Waals surface area contributed by atoms with Gasteiger partial charge in [0.25, 0.3) is 0 Å². The topological polar surface area (TPSA) is 3.24 Å². The van der Waals surface area contributed by atoms with Gasteiger partial charge in [0.05, 0.1) is 21.6 Å². The molecule has 0 aliphatic heterocycles. The Labute approximate surface area is 129 Å². The number of rotatable bonds is 4. The number of hydrogen-bond acceptors (Lipinski definition) is 2. The van der Waals surface area contributed by atoms with Gasteiger partial charge in [-0.1, -0.05) is 45.2 Å². The van der Waals surface area contributed by atoms with E-state index in [0.717, 1.165) is 26.9 Å². The molecule has 0 atom stereocenters. The maximum atomic E-state index is 6.29. The smallest absolute Gasteiger partial charge is 0.0931 e. The first-order valence-corrected chi connectivity index (χ1v) is 8.09. The number of alkyl halides is 1. The second kappa shape index (κ2) is 6.29. The van der Waals surface area contributed by atoms with E-state index in [-0.39, 0.29) is 0 Å². The third-order valence-electron chi connectivity index (χ3n) is 2.60. The van der Waals surface area contributed by atoms with Crippen LogP contribution in [0.3, 0.4) is 0 Å². The summed E-state index contributed by atoms with van der Waals surface area (Å²) in [7, 11) is 2.03. The van der Waals surface area contributed by atoms with Crippen molar-refractivity contribution in [1.29, 1.82) is 0 Å². The van der Waals surface area contributed by atoms with Crippen LogP contribution in [0.25, 0.3) is 0 Å². The number of nitrogens with zero attached hydrogens (tertiary/aromatic N) is 1. The van der Waals surface area contributed by atoms with Crippen molar-refractivity contribution in [2.45, 2.75) is 11.9 Å². The molecule has 0 N–H and O–H groups in total. The van der Waals surface area contributed by atoms with Gasteiger partial charge in [-0.2, -0.15) is 0 Å². The lowest BCUT2D eigenvalue weighted by Gasteiger charge is -2.20. The predicted molar refractivity (Wildman–Crippen MR) is 85.5 cm³/mol. The van der Waals surface area contributed by atoms with E-state index in [0.29, 0.717) is 0 Å². The molecule has 0 saturated carbocycles. The van der Waals surface area contributed by atoms with Gasteiger partial charge in [0.2, 0.25) is 0 Å². The zero-order valence-corrected chi connectivity index (χ0v) is 13.7. The van der Waals surface area contributed by atoms with Crippen molar-refractivity contribution in [2.75, 3.05) is 11.9 Å². The molecular formula is C13H12BrCl2NS. The van der Waals surface area contributed by atoms with Crippen LogP contribution in [0.5, 0.6) is 0 Å². The van der Waals surface area contributed by atoms with Crippen molar-refractivity contribution in [3.8, 4) is 0 Å². The summed E-state index contributed by atoms with van der Waals surface area (Å²) in [6.07, 6.45) is 0. The monoisotopic (exact) mass is 363 g/mol. The summed E-state index contributed by atoms with van der Waals surface area (Å²) in [5.41, 5.74) is 2.21. The number of anilines is 1. The number of hydrogen-bond donors (Lipinski definition) is 0. The molecule has 0 aliphatic rings. The lowest BCUT2D eigenvalue weighted by Crippen LogP contribution is -2.15. The SMILES string of the molecule is CN(Cc1ccc(Cl)s1)c1ccc(CBr)cc1Cl. The quantitative estimate of drug-likeness (QED) is 0.639. The highest BCUT2D eigenvalue weighted by Crippen LogP contribution is 2.29. The first-order valence-electron chi connectivity index (χ1n) is 5.40. The first-order chi connectivity index (χ1) is 8.60. The van der Waals surface area contributed by atoms with Gasteiger partial charge < -0.3 is 4.90 Å². The Bertz CT molecular complexity index is 542. The third-order valence-corrected chi connectivity index (χ3v) is 4.77. The predicted octanol–water partition coefficient (Wildman–Crippen LogP) is 5.59. The molecule has 96 valence electrons. The number of thiophene rings is 1. The molecule has 18 heavy (non-hydrogen) atoms. The van der Waals surface area contributed by atoms with E-state index in [2.05, 4.69) is 26.9 Å². The van der Waals surface area contributed by atoms with Gasteiger partial charge in [0.1, 0.15) is 0 Å². The molecule has 0 unspecified atom stereocenters. The molecule has 0 fully saturated rings. The molecule has 1 aromatic heterocycles. The molecule has 0 bridgehead atoms. The van der Waals surface area contributed by atoms with Gasteiger partial charge in [0.15, 0.2) is 0 Å². The fourth-order valence-corrected chi connectivity index (χ4v) is 3.54. The fourth-order valence-electron chi connectivity index (χ4n) is 1.70. The molecule has 2 rings (SSSR count). The van der Waals surface area contributed by atoms with E-state index in [1.165, 1.54) is 10.4 Å². The normalized spacial score (nSPS) is 10.7. The van der Waals surface area contributed by atoms with Crippen molar-refractivity contribution >= 4 is 56.2 Å². The Morgan fingerprint density at radius 3 is 2.56 bits per heavy atom. The van der Waals surface area contributed by atoms with Crippen LogP contribution in [0.2, 0.25) is 9.36 Å². The summed E-state index contributed by atoms with van der Waals surface area (Å²) < 4.78 is 0.819. The van der Waals surface area contributed by atoms with E-state index in [4.69, 9.17) is 23.2 Å². The summed E-state index contributed by atoms with van der Waals surface area (Å²) in [6.45, 7) is 0.810. The van der Waals surface area contributed by atoms with E-state index < -0.39 is 0 Å². The summed E-state index contributed by atoms with van der Waals surface area (Å²) in [5.74, 6) is 0. The number of halogens is 3. The summed E-state index contributed by atoms with van der Waals surface area (Å²) >= 11 is 17.2. The summed E-state index contributed by atoms with van der Waals surface area (Å²) in [6, 6.07) is 10.1. The lowest BCUT2D eigenvalue weighted by atomic mass is 10.2. The van der Waals surface area contributed by atoms with Gasteiger partial charge in [-0.3, -0.25) is 0 Å². The van der Waals surface area contributed by atoms with Crippen LogP contribution >= 0.6 is 50.5 Å². The van der Waals surface area contributed by atoms with E-state index >= 15 is 0 Å². The largest absolute Gasteiger partial charge is 0.368 e. The molecule has 1 nitrogen and oxygen atoms in total. The van der Waals surface area contributed by atoms with E-state index in [1.54, 1.807) is 11.3 Å². The lowest BCUT2D eigenvalue weighted by molar-refractivity contribution is 0.940. The molecule has 1 heterocycles. The van der Waals surface area contributed by atoms with E-state index in [9.17, 15) is 0 Å². The standard InChI is InChI=1S/C13H12BrCl2NS/c1-17(8-10-3-5-13(16)18-10)12-4-2-9(7-14)6-11(12)15/h2-6H,7-8H2,1H3. The number of benzene rings is 1. The van der Waals surface area contributed by atoms with Crippen LogP contribution in [0.4, 0.5) is 5.69 Å². The van der Waals surface area contributed by atoms with Crippen LogP contribution in [-0.4, -0.2) is 7.05 Å². The van der Waals surface area contributed by atoms with E-state index in [1.807, 2.05) is 31.3 Å². The van der Waals surface area contributed by atoms with Crippen molar-refractivity contribution in [1.82, 2.24) is 0 Å². The minimum Gasteiger partial charge on any atom is -0.368 e. The molecule has 0 radical (unpaired) electrons. The van der Waals surface area contributed by atoms with Gasteiger partial charge >= 0.3 is 0 Å². The average molecular weight is 365 g/mol.